The first-order chi connectivity index (χ1) is 9.86. The van der Waals surface area contributed by atoms with Crippen molar-refractivity contribution >= 4 is 5.97 Å². The van der Waals surface area contributed by atoms with Crippen LogP contribution in [0.5, 0.6) is 0 Å². The Bertz CT molecular complexity index is 356. The fourth-order valence-electron chi connectivity index (χ4n) is 4.13. The van der Waals surface area contributed by atoms with E-state index in [0.29, 0.717) is 5.92 Å². The van der Waals surface area contributed by atoms with E-state index < -0.39 is 11.5 Å². The highest BCUT2D eigenvalue weighted by molar-refractivity contribution is 5.78. The van der Waals surface area contributed by atoms with E-state index in [0.717, 1.165) is 58.3 Å². The molecule has 0 spiro atoms. The molecule has 1 saturated carbocycles. The molecule has 2 unspecified atom stereocenters. The van der Waals surface area contributed by atoms with Gasteiger partial charge < -0.3 is 10.4 Å². The predicted molar refractivity (Wildman–Crippen MR) is 85.5 cm³/mol. The number of hydrogen-bond donors (Lipinski definition) is 2. The molecule has 0 radical (unpaired) electrons. The molecule has 2 atom stereocenters. The van der Waals surface area contributed by atoms with Crippen LogP contribution in [-0.4, -0.2) is 47.7 Å². The van der Waals surface area contributed by atoms with Crippen molar-refractivity contribution < 1.29 is 9.90 Å². The molecule has 4 nitrogen and oxygen atoms in total. The third-order valence-corrected chi connectivity index (χ3v) is 5.62. The van der Waals surface area contributed by atoms with Gasteiger partial charge in [-0.1, -0.05) is 27.2 Å². The summed E-state index contributed by atoms with van der Waals surface area (Å²) in [5.74, 6) is 0.0442. The zero-order valence-electron chi connectivity index (χ0n) is 14.0. The second-order valence-electron chi connectivity index (χ2n) is 7.92. The van der Waals surface area contributed by atoms with Gasteiger partial charge in [-0.15, -0.1) is 0 Å². The van der Waals surface area contributed by atoms with Gasteiger partial charge in [-0.25, -0.2) is 0 Å². The van der Waals surface area contributed by atoms with E-state index in [1.54, 1.807) is 0 Å². The van der Waals surface area contributed by atoms with E-state index >= 15 is 0 Å². The summed E-state index contributed by atoms with van der Waals surface area (Å²) in [5.41, 5.74) is -0.332. The zero-order chi connectivity index (χ0) is 15.5. The molecule has 0 amide bonds. The molecule has 21 heavy (non-hydrogen) atoms. The Morgan fingerprint density at radius 2 is 1.90 bits per heavy atom. The molecule has 2 aliphatic rings. The molecule has 1 aliphatic heterocycles. The first kappa shape index (κ1) is 16.8. The number of carbonyl (C=O) groups is 1. The van der Waals surface area contributed by atoms with Crippen LogP contribution in [0.1, 0.15) is 59.3 Å². The molecular formula is C17H32N2O2. The highest BCUT2D eigenvalue weighted by atomic mass is 16.4. The van der Waals surface area contributed by atoms with E-state index in [2.05, 4.69) is 31.0 Å². The van der Waals surface area contributed by atoms with Crippen LogP contribution in [-0.2, 0) is 4.79 Å². The predicted octanol–water partition coefficient (Wildman–Crippen LogP) is 2.73. The molecule has 1 heterocycles. The topological polar surface area (TPSA) is 52.6 Å². The molecule has 4 heteroatoms. The summed E-state index contributed by atoms with van der Waals surface area (Å²) in [5, 5.41) is 13.4. The lowest BCUT2D eigenvalue weighted by atomic mass is 9.76. The van der Waals surface area contributed by atoms with Crippen molar-refractivity contribution in [2.75, 3.05) is 26.2 Å². The standard InChI is InChI=1S/C17H32N2O2/c1-16(2,3)14-6-4-8-17(9-7-14,15(20)21)19-12-5-10-18-11-13-19/h14,18H,4-13H2,1-3H3,(H,20,21). The summed E-state index contributed by atoms with van der Waals surface area (Å²) < 4.78 is 0. The number of nitrogens with one attached hydrogen (secondary N) is 1. The molecule has 2 rings (SSSR count). The largest absolute Gasteiger partial charge is 0.480 e. The van der Waals surface area contributed by atoms with E-state index in [1.807, 2.05) is 0 Å². The van der Waals surface area contributed by atoms with Crippen LogP contribution >= 0.6 is 0 Å². The van der Waals surface area contributed by atoms with Crippen molar-refractivity contribution in [1.82, 2.24) is 10.2 Å². The lowest BCUT2D eigenvalue weighted by molar-refractivity contribution is -0.153. The summed E-state index contributed by atoms with van der Waals surface area (Å²) in [7, 11) is 0. The van der Waals surface area contributed by atoms with E-state index in [-0.39, 0.29) is 5.41 Å². The highest BCUT2D eigenvalue weighted by Crippen LogP contribution is 2.42. The van der Waals surface area contributed by atoms with Gasteiger partial charge in [0.05, 0.1) is 0 Å². The molecule has 2 fully saturated rings. The summed E-state index contributed by atoms with van der Waals surface area (Å²) >= 11 is 0. The SMILES string of the molecule is CC(C)(C)C1CCCC(C(=O)O)(N2CCCNCC2)CC1. The van der Waals surface area contributed by atoms with Gasteiger partial charge in [0.15, 0.2) is 0 Å². The molecule has 0 aromatic rings. The summed E-state index contributed by atoms with van der Waals surface area (Å²) in [4.78, 5) is 14.4. The molecule has 0 bridgehead atoms. The first-order valence-corrected chi connectivity index (χ1v) is 8.55. The monoisotopic (exact) mass is 296 g/mol. The number of carboxylic acids is 1. The maximum Gasteiger partial charge on any atom is 0.324 e. The Morgan fingerprint density at radius 3 is 2.57 bits per heavy atom. The third-order valence-electron chi connectivity index (χ3n) is 5.62. The maximum absolute atomic E-state index is 12.1. The minimum atomic E-state index is -0.619. The van der Waals surface area contributed by atoms with Crippen LogP contribution in [0.2, 0.25) is 0 Å². The van der Waals surface area contributed by atoms with Crippen LogP contribution in [0.4, 0.5) is 0 Å². The van der Waals surface area contributed by atoms with Gasteiger partial charge in [0.25, 0.3) is 0 Å². The second-order valence-corrected chi connectivity index (χ2v) is 7.92. The van der Waals surface area contributed by atoms with Gasteiger partial charge in [-0.3, -0.25) is 9.69 Å². The van der Waals surface area contributed by atoms with Crippen LogP contribution in [0.3, 0.4) is 0 Å². The number of carboxylic acid groups (broad SMARTS) is 1. The Hall–Kier alpha value is -0.610. The smallest absolute Gasteiger partial charge is 0.324 e. The number of nitrogens with zero attached hydrogens (tertiary/aromatic N) is 1. The summed E-state index contributed by atoms with van der Waals surface area (Å²) in [6, 6.07) is 0. The van der Waals surface area contributed by atoms with Gasteiger partial charge >= 0.3 is 5.97 Å². The minimum absolute atomic E-state index is 0.287. The molecule has 1 aliphatic carbocycles. The fourth-order valence-corrected chi connectivity index (χ4v) is 4.13. The number of rotatable bonds is 2. The highest BCUT2D eigenvalue weighted by Gasteiger charge is 2.46. The van der Waals surface area contributed by atoms with E-state index in [1.165, 1.54) is 6.42 Å². The van der Waals surface area contributed by atoms with Gasteiger partial charge in [-0.2, -0.15) is 0 Å². The molecule has 2 N–H and O–H groups in total. The Morgan fingerprint density at radius 1 is 1.14 bits per heavy atom. The van der Waals surface area contributed by atoms with Crippen LogP contribution in [0, 0.1) is 11.3 Å². The Kier molecular flexibility index (Phi) is 5.31. The average Bonchev–Trinajstić information content (AvgIpc) is 2.79. The van der Waals surface area contributed by atoms with Crippen LogP contribution in [0.25, 0.3) is 0 Å². The quantitative estimate of drug-likeness (QED) is 0.769. The van der Waals surface area contributed by atoms with Crippen LogP contribution < -0.4 is 5.32 Å². The van der Waals surface area contributed by atoms with Gasteiger partial charge in [0, 0.05) is 19.6 Å². The maximum atomic E-state index is 12.1. The number of hydrogen-bond acceptors (Lipinski definition) is 3. The Labute approximate surface area is 129 Å². The average molecular weight is 296 g/mol. The second kappa shape index (κ2) is 6.66. The van der Waals surface area contributed by atoms with Crippen molar-refractivity contribution in [3.8, 4) is 0 Å². The normalized spacial score (nSPS) is 33.2. The van der Waals surface area contributed by atoms with Crippen LogP contribution in [0.15, 0.2) is 0 Å². The Balaban J connectivity index is 2.16. The van der Waals surface area contributed by atoms with Gasteiger partial charge in [-0.05, 0) is 50.0 Å². The third kappa shape index (κ3) is 3.78. The zero-order valence-corrected chi connectivity index (χ0v) is 14.0. The van der Waals surface area contributed by atoms with Crippen molar-refractivity contribution in [3.05, 3.63) is 0 Å². The van der Waals surface area contributed by atoms with E-state index in [9.17, 15) is 9.90 Å². The number of aliphatic carboxylic acids is 1. The fraction of sp³-hybridized carbons (Fsp3) is 0.941. The van der Waals surface area contributed by atoms with Crippen molar-refractivity contribution in [1.29, 1.82) is 0 Å². The van der Waals surface area contributed by atoms with Gasteiger partial charge in [0.2, 0.25) is 0 Å². The van der Waals surface area contributed by atoms with E-state index in [4.69, 9.17) is 0 Å². The van der Waals surface area contributed by atoms with Gasteiger partial charge in [0.1, 0.15) is 5.54 Å². The molecule has 0 aromatic heterocycles. The lowest BCUT2D eigenvalue weighted by Crippen LogP contribution is -2.55. The van der Waals surface area contributed by atoms with Crippen molar-refractivity contribution in [3.63, 3.8) is 0 Å². The first-order valence-electron chi connectivity index (χ1n) is 8.55. The summed E-state index contributed by atoms with van der Waals surface area (Å²) in [6.07, 6.45) is 5.93. The molecular weight excluding hydrogens is 264 g/mol. The summed E-state index contributed by atoms with van der Waals surface area (Å²) in [6.45, 7) is 10.6. The van der Waals surface area contributed by atoms with Crippen molar-refractivity contribution in [2.24, 2.45) is 11.3 Å². The molecule has 1 saturated heterocycles. The van der Waals surface area contributed by atoms with Crippen molar-refractivity contribution in [2.45, 2.75) is 64.8 Å². The molecule has 0 aromatic carbocycles. The minimum Gasteiger partial charge on any atom is -0.480 e. The lowest BCUT2D eigenvalue weighted by Gasteiger charge is -2.40. The molecule has 122 valence electrons.